The fourth-order valence-corrected chi connectivity index (χ4v) is 3.19. The Balaban J connectivity index is 2.20. The molecule has 2 rings (SSSR count). The molecule has 7 heteroatoms. The monoisotopic (exact) mass is 432 g/mol. The number of benzene rings is 2. The third-order valence-electron chi connectivity index (χ3n) is 4.49. The van der Waals surface area contributed by atoms with Gasteiger partial charge < -0.3 is 19.7 Å². The highest BCUT2D eigenvalue weighted by atomic mass is 35.5. The zero-order valence-electron chi connectivity index (χ0n) is 17.9. The van der Waals surface area contributed by atoms with Crippen LogP contribution in [-0.2, 0) is 16.1 Å². The fraction of sp³-hybridized carbons (Fsp3) is 0.391. The normalized spacial score (nSPS) is 11.7. The second-order valence-corrected chi connectivity index (χ2v) is 7.64. The van der Waals surface area contributed by atoms with Crippen LogP contribution in [0.25, 0.3) is 0 Å². The quantitative estimate of drug-likeness (QED) is 0.614. The maximum Gasteiger partial charge on any atom is 0.261 e. The molecule has 2 aromatic carbocycles. The van der Waals surface area contributed by atoms with E-state index in [1.54, 1.807) is 36.3 Å². The van der Waals surface area contributed by atoms with Gasteiger partial charge in [-0.3, -0.25) is 9.59 Å². The van der Waals surface area contributed by atoms with E-state index in [0.29, 0.717) is 17.2 Å². The summed E-state index contributed by atoms with van der Waals surface area (Å²) in [5.41, 5.74) is 0.891. The van der Waals surface area contributed by atoms with Crippen LogP contribution in [0.1, 0.15) is 32.8 Å². The number of amides is 2. The molecule has 0 radical (unpaired) electrons. The van der Waals surface area contributed by atoms with Crippen molar-refractivity contribution in [1.82, 2.24) is 10.2 Å². The molecule has 2 amide bonds. The van der Waals surface area contributed by atoms with Gasteiger partial charge in [0.25, 0.3) is 5.91 Å². The lowest BCUT2D eigenvalue weighted by Gasteiger charge is -2.31. The summed E-state index contributed by atoms with van der Waals surface area (Å²) in [6.07, 6.45) is 0.484. The fourth-order valence-electron chi connectivity index (χ4n) is 3.01. The summed E-state index contributed by atoms with van der Waals surface area (Å²) in [5.74, 6) is 0.763. The Morgan fingerprint density at radius 2 is 1.80 bits per heavy atom. The van der Waals surface area contributed by atoms with Gasteiger partial charge in [0, 0.05) is 17.6 Å². The van der Waals surface area contributed by atoms with Crippen LogP contribution in [0.2, 0.25) is 5.02 Å². The van der Waals surface area contributed by atoms with E-state index in [2.05, 4.69) is 5.32 Å². The first-order chi connectivity index (χ1) is 14.3. The van der Waals surface area contributed by atoms with Crippen molar-refractivity contribution in [3.63, 3.8) is 0 Å². The molecule has 1 atom stereocenters. The number of carbonyl (C=O) groups is 2. The molecule has 0 aliphatic rings. The Labute approximate surface area is 183 Å². The average Bonchev–Trinajstić information content (AvgIpc) is 2.72. The smallest absolute Gasteiger partial charge is 0.261 e. The van der Waals surface area contributed by atoms with Crippen molar-refractivity contribution in [2.24, 2.45) is 0 Å². The molecule has 0 bridgehead atoms. The highest BCUT2D eigenvalue weighted by Gasteiger charge is 2.29. The minimum atomic E-state index is -0.607. The minimum Gasteiger partial charge on any atom is -0.497 e. The van der Waals surface area contributed by atoms with E-state index in [4.69, 9.17) is 21.1 Å². The summed E-state index contributed by atoms with van der Waals surface area (Å²) in [6.45, 7) is 5.76. The molecule has 1 unspecified atom stereocenters. The summed E-state index contributed by atoms with van der Waals surface area (Å²) in [6, 6.07) is 13.6. The van der Waals surface area contributed by atoms with E-state index in [-0.39, 0.29) is 31.0 Å². The molecule has 1 N–H and O–H groups in total. The van der Waals surface area contributed by atoms with Crippen LogP contribution >= 0.6 is 11.6 Å². The Morgan fingerprint density at radius 3 is 2.37 bits per heavy atom. The summed E-state index contributed by atoms with van der Waals surface area (Å²) >= 11 is 5.98. The lowest BCUT2D eigenvalue weighted by atomic mass is 10.1. The number of hydrogen-bond donors (Lipinski definition) is 1. The van der Waals surface area contributed by atoms with Crippen LogP contribution in [0.4, 0.5) is 0 Å². The van der Waals surface area contributed by atoms with E-state index < -0.39 is 6.04 Å². The number of nitrogens with one attached hydrogen (secondary N) is 1. The lowest BCUT2D eigenvalue weighted by Crippen LogP contribution is -2.51. The Morgan fingerprint density at radius 1 is 1.10 bits per heavy atom. The highest BCUT2D eigenvalue weighted by molar-refractivity contribution is 6.30. The first-order valence-corrected chi connectivity index (χ1v) is 10.3. The molecule has 0 fully saturated rings. The largest absolute Gasteiger partial charge is 0.497 e. The number of ether oxygens (including phenoxy) is 2. The summed E-state index contributed by atoms with van der Waals surface area (Å²) in [7, 11) is 1.60. The first-order valence-electron chi connectivity index (χ1n) is 9.95. The predicted molar refractivity (Wildman–Crippen MR) is 118 cm³/mol. The van der Waals surface area contributed by atoms with Crippen molar-refractivity contribution in [2.45, 2.75) is 45.8 Å². The van der Waals surface area contributed by atoms with Gasteiger partial charge in [-0.25, -0.2) is 0 Å². The van der Waals surface area contributed by atoms with Gasteiger partial charge in [0.05, 0.1) is 7.11 Å². The molecule has 0 heterocycles. The molecule has 162 valence electrons. The van der Waals surface area contributed by atoms with Gasteiger partial charge in [-0.15, -0.1) is 0 Å². The van der Waals surface area contributed by atoms with Crippen LogP contribution in [-0.4, -0.2) is 42.5 Å². The molecule has 6 nitrogen and oxygen atoms in total. The van der Waals surface area contributed by atoms with E-state index >= 15 is 0 Å². The average molecular weight is 433 g/mol. The number of halogens is 1. The number of methoxy groups -OCH3 is 1. The Kier molecular flexibility index (Phi) is 8.99. The van der Waals surface area contributed by atoms with Crippen LogP contribution < -0.4 is 14.8 Å². The molecule has 30 heavy (non-hydrogen) atoms. The molecular formula is C23H29ClN2O4. The SMILES string of the molecule is CCC(C(=O)NC(C)C)N(Cc1ccc(OC)cc1)C(=O)COc1cccc(Cl)c1. The first kappa shape index (κ1) is 23.5. The van der Waals surface area contributed by atoms with Crippen LogP contribution in [0.3, 0.4) is 0 Å². The van der Waals surface area contributed by atoms with E-state index in [1.165, 1.54) is 0 Å². The van der Waals surface area contributed by atoms with Gasteiger partial charge >= 0.3 is 0 Å². The number of carbonyl (C=O) groups excluding carboxylic acids is 2. The molecule has 0 aliphatic heterocycles. The Hall–Kier alpha value is -2.73. The van der Waals surface area contributed by atoms with Crippen molar-refractivity contribution >= 4 is 23.4 Å². The molecule has 2 aromatic rings. The van der Waals surface area contributed by atoms with Crippen LogP contribution in [0, 0.1) is 0 Å². The third-order valence-corrected chi connectivity index (χ3v) is 4.72. The molecular weight excluding hydrogens is 404 g/mol. The van der Waals surface area contributed by atoms with Gasteiger partial charge in [0.1, 0.15) is 17.5 Å². The van der Waals surface area contributed by atoms with Gasteiger partial charge in [-0.2, -0.15) is 0 Å². The standard InChI is InChI=1S/C23H29ClN2O4/c1-5-21(23(28)25-16(2)3)26(14-17-9-11-19(29-4)12-10-17)22(27)15-30-20-8-6-7-18(24)13-20/h6-13,16,21H,5,14-15H2,1-4H3,(H,25,28). The number of hydrogen-bond acceptors (Lipinski definition) is 4. The second kappa shape index (κ2) is 11.5. The van der Waals surface area contributed by atoms with Crippen molar-refractivity contribution in [3.8, 4) is 11.5 Å². The lowest BCUT2D eigenvalue weighted by molar-refractivity contribution is -0.143. The van der Waals surface area contributed by atoms with Crippen molar-refractivity contribution < 1.29 is 19.1 Å². The summed E-state index contributed by atoms with van der Waals surface area (Å²) in [5, 5.41) is 3.43. The van der Waals surface area contributed by atoms with Gasteiger partial charge in [-0.1, -0.05) is 36.7 Å². The molecule has 0 aliphatic carbocycles. The van der Waals surface area contributed by atoms with Gasteiger partial charge in [-0.05, 0) is 56.2 Å². The van der Waals surface area contributed by atoms with E-state index in [0.717, 1.165) is 11.3 Å². The zero-order chi connectivity index (χ0) is 22.1. The summed E-state index contributed by atoms with van der Waals surface area (Å²) < 4.78 is 10.8. The van der Waals surface area contributed by atoms with Crippen molar-refractivity contribution in [3.05, 3.63) is 59.1 Å². The molecule has 0 saturated heterocycles. The summed E-state index contributed by atoms with van der Waals surface area (Å²) in [4.78, 5) is 27.4. The molecule has 0 spiro atoms. The minimum absolute atomic E-state index is 0.0211. The van der Waals surface area contributed by atoms with E-state index in [9.17, 15) is 9.59 Å². The Bertz CT molecular complexity index is 839. The van der Waals surface area contributed by atoms with Gasteiger partial charge in [0.2, 0.25) is 5.91 Å². The molecule has 0 saturated carbocycles. The van der Waals surface area contributed by atoms with Crippen molar-refractivity contribution in [1.29, 1.82) is 0 Å². The highest BCUT2D eigenvalue weighted by Crippen LogP contribution is 2.19. The van der Waals surface area contributed by atoms with Gasteiger partial charge in [0.15, 0.2) is 6.61 Å². The van der Waals surface area contributed by atoms with Crippen LogP contribution in [0.15, 0.2) is 48.5 Å². The maximum atomic E-state index is 13.1. The molecule has 0 aromatic heterocycles. The maximum absolute atomic E-state index is 13.1. The topological polar surface area (TPSA) is 67.9 Å². The third kappa shape index (κ3) is 6.95. The number of nitrogens with zero attached hydrogens (tertiary/aromatic N) is 1. The number of rotatable bonds is 10. The van der Waals surface area contributed by atoms with Crippen molar-refractivity contribution in [2.75, 3.05) is 13.7 Å². The zero-order valence-corrected chi connectivity index (χ0v) is 18.6. The van der Waals surface area contributed by atoms with Crippen LogP contribution in [0.5, 0.6) is 11.5 Å². The van der Waals surface area contributed by atoms with E-state index in [1.807, 2.05) is 45.0 Å². The second-order valence-electron chi connectivity index (χ2n) is 7.20. The predicted octanol–water partition coefficient (Wildman–Crippen LogP) is 4.06.